The lowest BCUT2D eigenvalue weighted by atomic mass is 9.80. The Morgan fingerprint density at radius 1 is 1.43 bits per heavy atom. The Morgan fingerprint density at radius 3 is 2.57 bits per heavy atom. The highest BCUT2D eigenvalue weighted by molar-refractivity contribution is 5.69. The molecule has 1 saturated carbocycles. The second kappa shape index (κ2) is 5.32. The Bertz CT molecular complexity index is 184. The molecule has 1 rings (SSSR count). The van der Waals surface area contributed by atoms with Crippen LogP contribution in [0.25, 0.3) is 0 Å². The van der Waals surface area contributed by atoms with Gasteiger partial charge in [-0.3, -0.25) is 4.79 Å². The van der Waals surface area contributed by atoms with E-state index < -0.39 is 0 Å². The fraction of sp³-hybridized carbons (Fsp3) is 0.900. The molecule has 82 valence electrons. The molecule has 1 aliphatic carbocycles. The molecule has 0 aromatic carbocycles. The van der Waals surface area contributed by atoms with Crippen LogP contribution < -0.4 is 5.32 Å². The summed E-state index contributed by atoms with van der Waals surface area (Å²) in [7, 11) is 3.16. The van der Waals surface area contributed by atoms with E-state index in [0.29, 0.717) is 13.0 Å². The van der Waals surface area contributed by atoms with Crippen molar-refractivity contribution in [1.82, 2.24) is 5.32 Å². The Morgan fingerprint density at radius 2 is 2.14 bits per heavy atom. The maximum Gasteiger partial charge on any atom is 0.306 e. The predicted octanol–water partition coefficient (Wildman–Crippen LogP) is 0.708. The van der Waals surface area contributed by atoms with E-state index in [4.69, 9.17) is 4.74 Å². The SMILES string of the molecule is COC(=O)CCNCC1(OC)CCC1. The predicted molar refractivity (Wildman–Crippen MR) is 53.1 cm³/mol. The monoisotopic (exact) mass is 201 g/mol. The topological polar surface area (TPSA) is 47.6 Å². The molecule has 14 heavy (non-hydrogen) atoms. The van der Waals surface area contributed by atoms with Gasteiger partial charge in [0.1, 0.15) is 0 Å². The molecule has 0 saturated heterocycles. The minimum absolute atomic E-state index is 0.0378. The minimum atomic E-state index is -0.169. The number of hydrogen-bond acceptors (Lipinski definition) is 4. The highest BCUT2D eigenvalue weighted by atomic mass is 16.5. The van der Waals surface area contributed by atoms with Gasteiger partial charge in [0.2, 0.25) is 0 Å². The molecule has 0 amide bonds. The van der Waals surface area contributed by atoms with Crippen molar-refractivity contribution < 1.29 is 14.3 Å². The lowest BCUT2D eigenvalue weighted by Gasteiger charge is -2.40. The van der Waals surface area contributed by atoms with Crippen molar-refractivity contribution in [3.05, 3.63) is 0 Å². The van der Waals surface area contributed by atoms with Crippen molar-refractivity contribution in [3.63, 3.8) is 0 Å². The number of ether oxygens (including phenoxy) is 2. The van der Waals surface area contributed by atoms with Crippen molar-refractivity contribution in [2.24, 2.45) is 0 Å². The highest BCUT2D eigenvalue weighted by Crippen LogP contribution is 2.34. The Hall–Kier alpha value is -0.610. The van der Waals surface area contributed by atoms with Crippen LogP contribution in [-0.4, -0.2) is 38.9 Å². The summed E-state index contributed by atoms with van der Waals surface area (Å²) in [5.74, 6) is -0.169. The number of carbonyl (C=O) groups is 1. The molecule has 0 aromatic heterocycles. The zero-order chi connectivity index (χ0) is 10.4. The minimum Gasteiger partial charge on any atom is -0.469 e. The summed E-state index contributed by atoms with van der Waals surface area (Å²) in [6, 6.07) is 0. The van der Waals surface area contributed by atoms with E-state index in [9.17, 15) is 4.79 Å². The van der Waals surface area contributed by atoms with Gasteiger partial charge in [0.15, 0.2) is 0 Å². The van der Waals surface area contributed by atoms with Crippen LogP contribution in [0.4, 0.5) is 0 Å². The average molecular weight is 201 g/mol. The normalized spacial score (nSPS) is 18.7. The second-order valence-corrected chi connectivity index (χ2v) is 3.74. The van der Waals surface area contributed by atoms with Crippen molar-refractivity contribution in [3.8, 4) is 0 Å². The maximum atomic E-state index is 10.8. The molecule has 0 radical (unpaired) electrons. The van der Waals surface area contributed by atoms with Gasteiger partial charge in [-0.15, -0.1) is 0 Å². The van der Waals surface area contributed by atoms with Crippen LogP contribution in [0, 0.1) is 0 Å². The van der Waals surface area contributed by atoms with Gasteiger partial charge in [-0.25, -0.2) is 0 Å². The first-order valence-corrected chi connectivity index (χ1v) is 5.05. The second-order valence-electron chi connectivity index (χ2n) is 3.74. The Balaban J connectivity index is 2.05. The quantitative estimate of drug-likeness (QED) is 0.508. The van der Waals surface area contributed by atoms with Crippen molar-refractivity contribution in [1.29, 1.82) is 0 Å². The van der Waals surface area contributed by atoms with Crippen LogP contribution in [0.1, 0.15) is 25.7 Å². The molecule has 0 spiro atoms. The van der Waals surface area contributed by atoms with Crippen molar-refractivity contribution >= 4 is 5.97 Å². The first kappa shape index (κ1) is 11.5. The largest absolute Gasteiger partial charge is 0.469 e. The fourth-order valence-corrected chi connectivity index (χ4v) is 1.63. The molecule has 0 unspecified atom stereocenters. The Labute approximate surface area is 85.0 Å². The molecular formula is C10H19NO3. The van der Waals surface area contributed by atoms with Gasteiger partial charge >= 0.3 is 5.97 Å². The summed E-state index contributed by atoms with van der Waals surface area (Å²) in [6.07, 6.45) is 3.91. The van der Waals surface area contributed by atoms with Crippen LogP contribution in [0.2, 0.25) is 0 Å². The van der Waals surface area contributed by atoms with Crippen molar-refractivity contribution in [2.75, 3.05) is 27.3 Å². The van der Waals surface area contributed by atoms with Crippen LogP contribution in [-0.2, 0) is 14.3 Å². The zero-order valence-electron chi connectivity index (χ0n) is 8.97. The molecular weight excluding hydrogens is 182 g/mol. The summed E-state index contributed by atoms with van der Waals surface area (Å²) in [5, 5.41) is 3.22. The number of hydrogen-bond donors (Lipinski definition) is 1. The number of esters is 1. The molecule has 0 bridgehead atoms. The van der Waals surface area contributed by atoms with E-state index in [0.717, 1.165) is 19.4 Å². The molecule has 0 aromatic rings. The smallest absolute Gasteiger partial charge is 0.306 e. The molecule has 4 nitrogen and oxygen atoms in total. The number of rotatable bonds is 6. The van der Waals surface area contributed by atoms with E-state index >= 15 is 0 Å². The number of methoxy groups -OCH3 is 2. The molecule has 1 N–H and O–H groups in total. The van der Waals surface area contributed by atoms with Crippen LogP contribution >= 0.6 is 0 Å². The summed E-state index contributed by atoms with van der Waals surface area (Å²) in [6.45, 7) is 1.50. The third-order valence-electron chi connectivity index (χ3n) is 2.88. The molecule has 0 atom stereocenters. The van der Waals surface area contributed by atoms with Gasteiger partial charge in [-0.1, -0.05) is 0 Å². The fourth-order valence-electron chi connectivity index (χ4n) is 1.63. The summed E-state index contributed by atoms with van der Waals surface area (Å²) in [4.78, 5) is 10.8. The van der Waals surface area contributed by atoms with Crippen LogP contribution in [0.3, 0.4) is 0 Å². The van der Waals surface area contributed by atoms with E-state index in [2.05, 4.69) is 10.1 Å². The maximum absolute atomic E-state index is 10.8. The average Bonchev–Trinajstić information content (AvgIpc) is 2.15. The van der Waals surface area contributed by atoms with Gasteiger partial charge in [0, 0.05) is 20.2 Å². The van der Waals surface area contributed by atoms with Crippen LogP contribution in [0.5, 0.6) is 0 Å². The van der Waals surface area contributed by atoms with E-state index in [1.807, 2.05) is 0 Å². The summed E-state index contributed by atoms with van der Waals surface area (Å²) in [5.41, 5.74) is 0.0378. The zero-order valence-corrected chi connectivity index (χ0v) is 8.97. The molecule has 0 aliphatic heterocycles. The van der Waals surface area contributed by atoms with Gasteiger partial charge in [-0.05, 0) is 19.3 Å². The van der Waals surface area contributed by atoms with Crippen molar-refractivity contribution in [2.45, 2.75) is 31.3 Å². The Kier molecular flexibility index (Phi) is 4.35. The lowest BCUT2D eigenvalue weighted by molar-refractivity contribution is -0.140. The van der Waals surface area contributed by atoms with Gasteiger partial charge in [0.05, 0.1) is 19.1 Å². The number of carbonyl (C=O) groups excluding carboxylic acids is 1. The first-order valence-electron chi connectivity index (χ1n) is 5.05. The van der Waals surface area contributed by atoms with E-state index in [1.54, 1.807) is 7.11 Å². The van der Waals surface area contributed by atoms with E-state index in [1.165, 1.54) is 13.5 Å². The van der Waals surface area contributed by atoms with E-state index in [-0.39, 0.29) is 11.6 Å². The summed E-state index contributed by atoms with van der Waals surface area (Å²) >= 11 is 0. The molecule has 4 heteroatoms. The molecule has 1 aliphatic rings. The third-order valence-corrected chi connectivity index (χ3v) is 2.88. The van der Waals surface area contributed by atoms with Gasteiger partial charge in [0.25, 0.3) is 0 Å². The lowest BCUT2D eigenvalue weighted by Crippen LogP contribution is -2.48. The molecule has 0 heterocycles. The third kappa shape index (κ3) is 2.96. The number of nitrogens with one attached hydrogen (secondary N) is 1. The first-order chi connectivity index (χ1) is 6.72. The van der Waals surface area contributed by atoms with Gasteiger partial charge < -0.3 is 14.8 Å². The standard InChI is InChI=1S/C10H19NO3/c1-13-9(12)4-7-11-8-10(14-2)5-3-6-10/h11H,3-8H2,1-2H3. The van der Waals surface area contributed by atoms with Gasteiger partial charge in [-0.2, -0.15) is 0 Å². The molecule has 1 fully saturated rings. The highest BCUT2D eigenvalue weighted by Gasteiger charge is 2.36. The summed E-state index contributed by atoms with van der Waals surface area (Å²) < 4.78 is 9.97. The van der Waals surface area contributed by atoms with Crippen LogP contribution in [0.15, 0.2) is 0 Å².